The third kappa shape index (κ3) is 4.32. The van der Waals surface area contributed by atoms with Gasteiger partial charge in [-0.1, -0.05) is 35.9 Å². The van der Waals surface area contributed by atoms with Crippen molar-refractivity contribution in [1.29, 1.82) is 0 Å². The van der Waals surface area contributed by atoms with Crippen LogP contribution in [0.15, 0.2) is 53.5 Å². The van der Waals surface area contributed by atoms with Gasteiger partial charge in [0.15, 0.2) is 5.96 Å². The molecule has 130 valence electrons. The summed E-state index contributed by atoms with van der Waals surface area (Å²) in [5.41, 5.74) is 16.6. The Kier molecular flexibility index (Phi) is 5.26. The van der Waals surface area contributed by atoms with Crippen molar-refractivity contribution in [2.75, 3.05) is 12.3 Å². The average Bonchev–Trinajstić information content (AvgIpc) is 2.59. The molecule has 6 N–H and O–H groups in total. The number of hydrogen-bond acceptors (Lipinski definition) is 5. The lowest BCUT2D eigenvalue weighted by molar-refractivity contribution is 0.607. The number of benzene rings is 2. The molecule has 2 aromatic rings. The van der Waals surface area contributed by atoms with Crippen molar-refractivity contribution < 1.29 is 0 Å². The quantitative estimate of drug-likeness (QED) is 0.621. The highest BCUT2D eigenvalue weighted by Gasteiger charge is 2.16. The topological polar surface area (TPSA) is 88.5 Å². The lowest BCUT2D eigenvalue weighted by atomic mass is 10.0. The highest BCUT2D eigenvalue weighted by Crippen LogP contribution is 2.25. The van der Waals surface area contributed by atoms with Crippen LogP contribution in [0.5, 0.6) is 0 Å². The highest BCUT2D eigenvalue weighted by molar-refractivity contribution is 6.31. The standard InChI is InChI=1S/C19H22ClN5/c1-12-15(3-2-4-16(12)20)17-11-18(25-19(22)24-17)23-10-9-13-5-7-14(21)8-6-13/h2-8,11,18,23H,9-10,21H2,1H3,(H3,22,24,25). The first-order chi connectivity index (χ1) is 12.0. The Bertz CT molecular complexity index is 811. The molecule has 5 nitrogen and oxygen atoms in total. The summed E-state index contributed by atoms with van der Waals surface area (Å²) in [6, 6.07) is 13.7. The molecule has 0 aliphatic carbocycles. The van der Waals surface area contributed by atoms with Crippen molar-refractivity contribution in [2.24, 2.45) is 10.7 Å². The van der Waals surface area contributed by atoms with Gasteiger partial charge in [0.05, 0.1) is 0 Å². The second-order valence-corrected chi connectivity index (χ2v) is 6.43. The number of hydrogen-bond donors (Lipinski definition) is 4. The zero-order valence-electron chi connectivity index (χ0n) is 14.1. The van der Waals surface area contributed by atoms with E-state index in [1.807, 2.05) is 55.5 Å². The molecule has 0 spiro atoms. The van der Waals surface area contributed by atoms with E-state index in [4.69, 9.17) is 23.1 Å². The van der Waals surface area contributed by atoms with Crippen LogP contribution in [0, 0.1) is 6.92 Å². The fourth-order valence-electron chi connectivity index (χ4n) is 2.77. The molecule has 1 atom stereocenters. The number of aliphatic imine (C=N–C) groups is 1. The Morgan fingerprint density at radius 1 is 1.16 bits per heavy atom. The highest BCUT2D eigenvalue weighted by atomic mass is 35.5. The molecule has 0 fully saturated rings. The second-order valence-electron chi connectivity index (χ2n) is 6.02. The number of guanidine groups is 1. The second kappa shape index (κ2) is 7.59. The normalized spacial score (nSPS) is 16.8. The molecule has 0 radical (unpaired) electrons. The van der Waals surface area contributed by atoms with Gasteiger partial charge in [0.2, 0.25) is 0 Å². The zero-order valence-corrected chi connectivity index (χ0v) is 14.8. The maximum absolute atomic E-state index is 6.23. The van der Waals surface area contributed by atoms with Gasteiger partial charge in [-0.15, -0.1) is 0 Å². The number of nitrogen functional groups attached to an aromatic ring is 1. The van der Waals surface area contributed by atoms with Gasteiger partial charge in [0, 0.05) is 28.5 Å². The van der Waals surface area contributed by atoms with Crippen LogP contribution >= 0.6 is 11.6 Å². The number of nitrogens with one attached hydrogen (secondary N) is 2. The summed E-state index contributed by atoms with van der Waals surface area (Å²) in [5, 5.41) is 7.25. The molecule has 0 saturated carbocycles. The minimum Gasteiger partial charge on any atom is -0.399 e. The van der Waals surface area contributed by atoms with Gasteiger partial charge in [0.1, 0.15) is 6.17 Å². The minimum atomic E-state index is -0.177. The number of nitrogens with two attached hydrogens (primary N) is 2. The van der Waals surface area contributed by atoms with E-state index in [-0.39, 0.29) is 6.17 Å². The lowest BCUT2D eigenvalue weighted by Gasteiger charge is -2.22. The van der Waals surface area contributed by atoms with Crippen molar-refractivity contribution in [1.82, 2.24) is 10.6 Å². The fourth-order valence-corrected chi connectivity index (χ4v) is 2.94. The summed E-state index contributed by atoms with van der Waals surface area (Å²) >= 11 is 6.23. The van der Waals surface area contributed by atoms with E-state index in [1.54, 1.807) is 0 Å². The third-order valence-electron chi connectivity index (χ3n) is 4.17. The van der Waals surface area contributed by atoms with Crippen LogP contribution in [0.3, 0.4) is 0 Å². The molecular weight excluding hydrogens is 334 g/mol. The molecule has 0 amide bonds. The van der Waals surface area contributed by atoms with Gasteiger partial charge in [-0.2, -0.15) is 0 Å². The van der Waals surface area contributed by atoms with Crippen LogP contribution in [-0.2, 0) is 6.42 Å². The van der Waals surface area contributed by atoms with Crippen LogP contribution in [0.4, 0.5) is 5.69 Å². The molecule has 1 aliphatic rings. The Morgan fingerprint density at radius 3 is 2.68 bits per heavy atom. The van der Waals surface area contributed by atoms with Crippen LogP contribution in [0.2, 0.25) is 5.02 Å². The Labute approximate surface area is 152 Å². The van der Waals surface area contributed by atoms with Crippen molar-refractivity contribution in [3.8, 4) is 0 Å². The monoisotopic (exact) mass is 355 g/mol. The first-order valence-electron chi connectivity index (χ1n) is 8.18. The predicted octanol–water partition coefficient (Wildman–Crippen LogP) is 2.65. The maximum atomic E-state index is 6.23. The molecule has 2 aromatic carbocycles. The van der Waals surface area contributed by atoms with E-state index in [0.29, 0.717) is 5.96 Å². The van der Waals surface area contributed by atoms with E-state index in [9.17, 15) is 0 Å². The Balaban J connectivity index is 1.68. The summed E-state index contributed by atoms with van der Waals surface area (Å²) in [5.74, 6) is 0.391. The summed E-state index contributed by atoms with van der Waals surface area (Å²) in [6.45, 7) is 2.77. The van der Waals surface area contributed by atoms with Gasteiger partial charge in [-0.3, -0.25) is 5.32 Å². The van der Waals surface area contributed by atoms with E-state index in [2.05, 4.69) is 15.6 Å². The van der Waals surface area contributed by atoms with Crippen molar-refractivity contribution in [3.63, 3.8) is 0 Å². The molecule has 0 bridgehead atoms. The van der Waals surface area contributed by atoms with Crippen LogP contribution in [-0.4, -0.2) is 18.7 Å². The molecule has 1 unspecified atom stereocenters. The fraction of sp³-hybridized carbons (Fsp3) is 0.211. The summed E-state index contributed by atoms with van der Waals surface area (Å²) in [6.07, 6.45) is 2.74. The van der Waals surface area contributed by atoms with Crippen LogP contribution < -0.4 is 22.1 Å². The number of rotatable bonds is 5. The molecule has 25 heavy (non-hydrogen) atoms. The van der Waals surface area contributed by atoms with Gasteiger partial charge >= 0.3 is 0 Å². The number of nitrogens with zero attached hydrogens (tertiary/aromatic N) is 1. The molecule has 0 saturated heterocycles. The summed E-state index contributed by atoms with van der Waals surface area (Å²) < 4.78 is 0. The van der Waals surface area contributed by atoms with Crippen molar-refractivity contribution in [3.05, 3.63) is 70.3 Å². The van der Waals surface area contributed by atoms with Gasteiger partial charge in [-0.25, -0.2) is 4.99 Å². The molecule has 1 aliphatic heterocycles. The molecule has 3 rings (SSSR count). The maximum Gasteiger partial charge on any atom is 0.195 e. The average molecular weight is 356 g/mol. The Hall–Kier alpha value is -2.50. The van der Waals surface area contributed by atoms with Crippen molar-refractivity contribution >= 4 is 28.9 Å². The SMILES string of the molecule is Cc1c(Cl)cccc1C1=CC(NCCc2ccc(N)cc2)N=C(N)N1. The Morgan fingerprint density at radius 2 is 1.92 bits per heavy atom. The van der Waals surface area contributed by atoms with E-state index < -0.39 is 0 Å². The van der Waals surface area contributed by atoms with E-state index >= 15 is 0 Å². The largest absolute Gasteiger partial charge is 0.399 e. The van der Waals surface area contributed by atoms with Gasteiger partial charge in [0.25, 0.3) is 0 Å². The molecular formula is C19H22ClN5. The van der Waals surface area contributed by atoms with Gasteiger partial charge in [-0.05, 0) is 48.7 Å². The van der Waals surface area contributed by atoms with E-state index in [0.717, 1.165) is 40.5 Å². The minimum absolute atomic E-state index is 0.177. The summed E-state index contributed by atoms with van der Waals surface area (Å²) in [4.78, 5) is 4.40. The number of anilines is 1. The predicted molar refractivity (Wildman–Crippen MR) is 105 cm³/mol. The smallest absolute Gasteiger partial charge is 0.195 e. The zero-order chi connectivity index (χ0) is 17.8. The molecule has 1 heterocycles. The molecule has 0 aromatic heterocycles. The van der Waals surface area contributed by atoms with Gasteiger partial charge < -0.3 is 16.8 Å². The third-order valence-corrected chi connectivity index (χ3v) is 4.58. The molecule has 6 heteroatoms. The van der Waals surface area contributed by atoms with Crippen LogP contribution in [0.1, 0.15) is 16.7 Å². The first kappa shape index (κ1) is 17.3. The number of halogens is 1. The lowest BCUT2D eigenvalue weighted by Crippen LogP contribution is -2.40. The van der Waals surface area contributed by atoms with Crippen molar-refractivity contribution in [2.45, 2.75) is 19.5 Å². The first-order valence-corrected chi connectivity index (χ1v) is 8.56. The summed E-state index contributed by atoms with van der Waals surface area (Å²) in [7, 11) is 0. The van der Waals surface area contributed by atoms with Crippen LogP contribution in [0.25, 0.3) is 5.70 Å². The van der Waals surface area contributed by atoms with E-state index in [1.165, 1.54) is 5.56 Å².